The van der Waals surface area contributed by atoms with Crippen molar-refractivity contribution in [2.24, 2.45) is 7.05 Å². The average molecular weight is 219 g/mol. The molecule has 2 N–H and O–H groups in total. The molecule has 0 saturated heterocycles. The van der Waals surface area contributed by atoms with Crippen LogP contribution in [0.2, 0.25) is 0 Å². The number of aliphatic hydroxyl groups is 1. The molecule has 1 atom stereocenters. The van der Waals surface area contributed by atoms with E-state index in [1.54, 1.807) is 6.92 Å². The number of aliphatic hydroxyl groups excluding tert-OH is 1. The number of hydrogen-bond acceptors (Lipinski definition) is 3. The van der Waals surface area contributed by atoms with Crippen molar-refractivity contribution in [3.05, 3.63) is 30.1 Å². The number of aryl methyl sites for hydroxylation is 1. The lowest BCUT2D eigenvalue weighted by atomic mass is 10.3. The van der Waals surface area contributed by atoms with E-state index in [-0.39, 0.29) is 6.10 Å². The topological polar surface area (TPSA) is 50.1 Å². The van der Waals surface area contributed by atoms with Gasteiger partial charge in [-0.15, -0.1) is 0 Å². The highest BCUT2D eigenvalue weighted by Crippen LogP contribution is 2.13. The Morgan fingerprint density at radius 2 is 2.19 bits per heavy atom. The number of imidazole rings is 1. The van der Waals surface area contributed by atoms with Gasteiger partial charge in [0.05, 0.1) is 23.7 Å². The van der Waals surface area contributed by atoms with Crippen molar-refractivity contribution in [2.45, 2.75) is 19.6 Å². The maximum atomic E-state index is 9.15. The molecule has 0 spiro atoms. The van der Waals surface area contributed by atoms with Crippen LogP contribution in [0, 0.1) is 0 Å². The van der Waals surface area contributed by atoms with Crippen LogP contribution in [0.3, 0.4) is 0 Å². The van der Waals surface area contributed by atoms with Gasteiger partial charge >= 0.3 is 0 Å². The molecule has 1 aromatic carbocycles. The minimum atomic E-state index is -0.324. The van der Waals surface area contributed by atoms with Gasteiger partial charge in [-0.2, -0.15) is 0 Å². The maximum absolute atomic E-state index is 9.15. The summed E-state index contributed by atoms with van der Waals surface area (Å²) in [5.74, 6) is 0.988. The molecule has 2 rings (SSSR count). The average Bonchev–Trinajstić information content (AvgIpc) is 2.56. The molecular weight excluding hydrogens is 202 g/mol. The molecule has 4 nitrogen and oxygen atoms in total. The van der Waals surface area contributed by atoms with Gasteiger partial charge in [-0.05, 0) is 19.1 Å². The van der Waals surface area contributed by atoms with E-state index < -0.39 is 0 Å². The fourth-order valence-corrected chi connectivity index (χ4v) is 1.75. The molecule has 2 aromatic rings. The van der Waals surface area contributed by atoms with Crippen LogP contribution in [-0.2, 0) is 13.6 Å². The van der Waals surface area contributed by atoms with Gasteiger partial charge in [0.25, 0.3) is 0 Å². The molecule has 0 bridgehead atoms. The highest BCUT2D eigenvalue weighted by molar-refractivity contribution is 5.75. The van der Waals surface area contributed by atoms with Gasteiger partial charge in [0.15, 0.2) is 0 Å². The molecule has 4 heteroatoms. The zero-order chi connectivity index (χ0) is 11.5. The van der Waals surface area contributed by atoms with E-state index in [4.69, 9.17) is 5.11 Å². The highest BCUT2D eigenvalue weighted by atomic mass is 16.3. The number of benzene rings is 1. The first kappa shape index (κ1) is 11.1. The second-order valence-electron chi connectivity index (χ2n) is 4.06. The Kier molecular flexibility index (Phi) is 3.22. The molecule has 16 heavy (non-hydrogen) atoms. The molecule has 0 aliphatic heterocycles. The van der Waals surface area contributed by atoms with E-state index in [0.717, 1.165) is 16.9 Å². The molecule has 0 radical (unpaired) electrons. The van der Waals surface area contributed by atoms with E-state index in [1.807, 2.05) is 25.2 Å². The predicted molar refractivity (Wildman–Crippen MR) is 64.1 cm³/mol. The lowest BCUT2D eigenvalue weighted by molar-refractivity contribution is 0.190. The number of nitrogens with one attached hydrogen (secondary N) is 1. The zero-order valence-corrected chi connectivity index (χ0v) is 9.64. The van der Waals surface area contributed by atoms with Gasteiger partial charge in [0.2, 0.25) is 0 Å². The number of fused-ring (bicyclic) bond motifs is 1. The van der Waals surface area contributed by atoms with E-state index >= 15 is 0 Å². The molecule has 86 valence electrons. The van der Waals surface area contributed by atoms with Crippen LogP contribution in [0.4, 0.5) is 0 Å². The summed E-state index contributed by atoms with van der Waals surface area (Å²) in [6.07, 6.45) is -0.324. The van der Waals surface area contributed by atoms with Crippen molar-refractivity contribution < 1.29 is 5.11 Å². The minimum absolute atomic E-state index is 0.324. The molecule has 0 amide bonds. The zero-order valence-electron chi connectivity index (χ0n) is 9.64. The Morgan fingerprint density at radius 3 is 2.88 bits per heavy atom. The van der Waals surface area contributed by atoms with E-state index in [9.17, 15) is 0 Å². The Bertz CT molecular complexity index is 476. The van der Waals surface area contributed by atoms with Crippen LogP contribution in [0.1, 0.15) is 12.7 Å². The fourth-order valence-electron chi connectivity index (χ4n) is 1.75. The number of para-hydroxylation sites is 2. The van der Waals surface area contributed by atoms with Crippen LogP contribution in [-0.4, -0.2) is 27.3 Å². The Labute approximate surface area is 94.9 Å². The fraction of sp³-hybridized carbons (Fsp3) is 0.417. The molecule has 0 aliphatic carbocycles. The first-order chi connectivity index (χ1) is 7.68. The number of hydrogen-bond donors (Lipinski definition) is 2. The second-order valence-corrected chi connectivity index (χ2v) is 4.06. The van der Waals surface area contributed by atoms with Crippen molar-refractivity contribution in [2.75, 3.05) is 6.54 Å². The first-order valence-electron chi connectivity index (χ1n) is 5.47. The van der Waals surface area contributed by atoms with Gasteiger partial charge in [0.1, 0.15) is 5.82 Å². The summed E-state index contributed by atoms with van der Waals surface area (Å²) in [5, 5.41) is 12.3. The Morgan fingerprint density at radius 1 is 1.44 bits per heavy atom. The Hall–Kier alpha value is -1.39. The third-order valence-corrected chi connectivity index (χ3v) is 2.60. The van der Waals surface area contributed by atoms with Crippen LogP contribution in [0.5, 0.6) is 0 Å². The van der Waals surface area contributed by atoms with E-state index in [2.05, 4.69) is 20.9 Å². The minimum Gasteiger partial charge on any atom is -0.392 e. The predicted octanol–water partition coefficient (Wildman–Crippen LogP) is 1.04. The molecular formula is C12H17N3O. The van der Waals surface area contributed by atoms with Crippen molar-refractivity contribution in [3.8, 4) is 0 Å². The van der Waals surface area contributed by atoms with Crippen molar-refractivity contribution in [1.82, 2.24) is 14.9 Å². The lowest BCUT2D eigenvalue weighted by Crippen LogP contribution is -2.25. The summed E-state index contributed by atoms with van der Waals surface area (Å²) in [5.41, 5.74) is 2.15. The Balaban J connectivity index is 2.15. The monoisotopic (exact) mass is 219 g/mol. The van der Waals surface area contributed by atoms with E-state index in [0.29, 0.717) is 13.1 Å². The first-order valence-corrected chi connectivity index (χ1v) is 5.47. The lowest BCUT2D eigenvalue weighted by Gasteiger charge is -2.06. The van der Waals surface area contributed by atoms with E-state index in [1.165, 1.54) is 0 Å². The van der Waals surface area contributed by atoms with Crippen LogP contribution in [0.25, 0.3) is 11.0 Å². The number of nitrogens with zero attached hydrogens (tertiary/aromatic N) is 2. The van der Waals surface area contributed by atoms with Gasteiger partial charge in [0, 0.05) is 13.6 Å². The summed E-state index contributed by atoms with van der Waals surface area (Å²) >= 11 is 0. The molecule has 0 aliphatic rings. The van der Waals surface area contributed by atoms with Crippen LogP contribution >= 0.6 is 0 Å². The van der Waals surface area contributed by atoms with Gasteiger partial charge in [-0.25, -0.2) is 4.98 Å². The molecule has 1 heterocycles. The second kappa shape index (κ2) is 4.63. The third-order valence-electron chi connectivity index (χ3n) is 2.60. The van der Waals surface area contributed by atoms with Crippen LogP contribution in [0.15, 0.2) is 24.3 Å². The van der Waals surface area contributed by atoms with Gasteiger partial charge in [-0.3, -0.25) is 0 Å². The largest absolute Gasteiger partial charge is 0.392 e. The third kappa shape index (κ3) is 2.23. The summed E-state index contributed by atoms with van der Waals surface area (Å²) in [4.78, 5) is 4.53. The van der Waals surface area contributed by atoms with Gasteiger partial charge in [-0.1, -0.05) is 12.1 Å². The van der Waals surface area contributed by atoms with Crippen LogP contribution < -0.4 is 5.32 Å². The molecule has 0 unspecified atom stereocenters. The number of aromatic nitrogens is 2. The molecule has 0 saturated carbocycles. The summed E-state index contributed by atoms with van der Waals surface area (Å²) in [7, 11) is 2.01. The SMILES string of the molecule is C[C@H](O)CNCc1nc2ccccc2n1C. The smallest absolute Gasteiger partial charge is 0.123 e. The van der Waals surface area contributed by atoms with Crippen molar-refractivity contribution in [3.63, 3.8) is 0 Å². The summed E-state index contributed by atoms with van der Waals surface area (Å²) < 4.78 is 2.07. The normalized spacial score (nSPS) is 13.2. The maximum Gasteiger partial charge on any atom is 0.123 e. The van der Waals surface area contributed by atoms with Gasteiger partial charge < -0.3 is 15.0 Å². The summed E-state index contributed by atoms with van der Waals surface area (Å²) in [6, 6.07) is 8.06. The van der Waals surface area contributed by atoms with Crippen molar-refractivity contribution in [1.29, 1.82) is 0 Å². The molecule has 1 aromatic heterocycles. The van der Waals surface area contributed by atoms with Crippen molar-refractivity contribution >= 4 is 11.0 Å². The molecule has 0 fully saturated rings. The highest BCUT2D eigenvalue weighted by Gasteiger charge is 2.06. The standard InChI is InChI=1S/C12H17N3O/c1-9(16)7-13-8-12-14-10-5-3-4-6-11(10)15(12)2/h3-6,9,13,16H,7-8H2,1-2H3/t9-/m0/s1. The summed E-state index contributed by atoms with van der Waals surface area (Å²) in [6.45, 7) is 3.03. The quantitative estimate of drug-likeness (QED) is 0.808. The number of rotatable bonds is 4.